The molecule has 0 aliphatic heterocycles. The van der Waals surface area contributed by atoms with Crippen molar-refractivity contribution in [2.45, 2.75) is 50.5 Å². The number of imidazole rings is 1. The lowest BCUT2D eigenvalue weighted by Crippen LogP contribution is -2.19. The first-order chi connectivity index (χ1) is 12.0. The minimum absolute atomic E-state index is 0.0558. The maximum Gasteiger partial charge on any atom is 0.115 e. The van der Waals surface area contributed by atoms with Crippen molar-refractivity contribution in [3.05, 3.63) is 54.4 Å². The lowest BCUT2D eigenvalue weighted by Gasteiger charge is -2.20. The van der Waals surface area contributed by atoms with Gasteiger partial charge in [-0.25, -0.2) is 4.98 Å². The highest BCUT2D eigenvalue weighted by Gasteiger charge is 2.28. The average Bonchev–Trinajstić information content (AvgIpc) is 3.33. The molecule has 0 unspecified atom stereocenters. The summed E-state index contributed by atoms with van der Waals surface area (Å²) in [6.45, 7) is 7.86. The molecule has 3 nitrogen and oxygen atoms in total. The maximum absolute atomic E-state index is 4.99. The summed E-state index contributed by atoms with van der Waals surface area (Å²) in [5.74, 6) is 2.03. The van der Waals surface area contributed by atoms with Crippen LogP contribution < -0.4 is 4.72 Å². The second-order valence-electron chi connectivity index (χ2n) is 7.96. The predicted molar refractivity (Wildman–Crippen MR) is 107 cm³/mol. The van der Waals surface area contributed by atoms with Gasteiger partial charge in [0, 0.05) is 22.5 Å². The highest BCUT2D eigenvalue weighted by molar-refractivity contribution is 8.00. The summed E-state index contributed by atoms with van der Waals surface area (Å²) in [5, 5.41) is 0. The first-order valence-electron chi connectivity index (χ1n) is 8.99. The second-order valence-corrected chi connectivity index (χ2v) is 8.84. The molecule has 4 rings (SSSR count). The van der Waals surface area contributed by atoms with Gasteiger partial charge in [-0.3, -0.25) is 0 Å². The van der Waals surface area contributed by atoms with Gasteiger partial charge in [0.25, 0.3) is 0 Å². The van der Waals surface area contributed by atoms with Gasteiger partial charge in [-0.1, -0.05) is 39.0 Å². The average molecular weight is 352 g/mol. The van der Waals surface area contributed by atoms with Crippen LogP contribution in [-0.4, -0.2) is 9.55 Å². The molecule has 1 saturated carbocycles. The number of hydrogen-bond donors (Lipinski definition) is 1. The number of anilines is 1. The Morgan fingerprint density at radius 3 is 2.56 bits per heavy atom. The summed E-state index contributed by atoms with van der Waals surface area (Å²) in [6, 6.07) is 16.9. The standard InChI is InChI=1S/C21H25N3S/c1-21(2,3)20-22-18-13-16(23-25-17-7-5-4-6-8-17)11-12-19(18)24(20)14-15-9-10-15/h4-8,11-13,15,23H,9-10,14H2,1-3H3. The zero-order valence-corrected chi connectivity index (χ0v) is 15.9. The van der Waals surface area contributed by atoms with Crippen LogP contribution >= 0.6 is 11.9 Å². The Morgan fingerprint density at radius 1 is 1.12 bits per heavy atom. The molecule has 1 aromatic heterocycles. The number of rotatable bonds is 5. The fourth-order valence-corrected chi connectivity index (χ4v) is 3.77. The molecule has 1 aliphatic carbocycles. The van der Waals surface area contributed by atoms with E-state index in [9.17, 15) is 0 Å². The van der Waals surface area contributed by atoms with Crippen LogP contribution in [0, 0.1) is 5.92 Å². The third-order valence-corrected chi connectivity index (χ3v) is 5.43. The van der Waals surface area contributed by atoms with E-state index in [-0.39, 0.29) is 5.41 Å². The van der Waals surface area contributed by atoms with Crippen molar-refractivity contribution >= 4 is 28.7 Å². The van der Waals surface area contributed by atoms with Gasteiger partial charge >= 0.3 is 0 Å². The van der Waals surface area contributed by atoms with Crippen LogP contribution in [-0.2, 0) is 12.0 Å². The van der Waals surface area contributed by atoms with E-state index in [4.69, 9.17) is 4.98 Å². The van der Waals surface area contributed by atoms with Crippen molar-refractivity contribution in [3.8, 4) is 0 Å². The molecule has 0 atom stereocenters. The van der Waals surface area contributed by atoms with Crippen molar-refractivity contribution in [2.75, 3.05) is 4.72 Å². The molecule has 4 heteroatoms. The normalized spacial score (nSPS) is 14.8. The molecule has 0 spiro atoms. The molecule has 1 heterocycles. The summed E-state index contributed by atoms with van der Waals surface area (Å²) in [7, 11) is 0. The Balaban J connectivity index is 1.63. The van der Waals surface area contributed by atoms with E-state index in [2.05, 4.69) is 72.5 Å². The number of aromatic nitrogens is 2. The second kappa shape index (κ2) is 6.41. The lowest BCUT2D eigenvalue weighted by atomic mass is 9.95. The SMILES string of the molecule is CC(C)(C)c1nc2cc(NSc3ccccc3)ccc2n1CC1CC1. The van der Waals surface area contributed by atoms with Crippen molar-refractivity contribution in [1.29, 1.82) is 0 Å². The van der Waals surface area contributed by atoms with Crippen LogP contribution in [0.3, 0.4) is 0 Å². The monoisotopic (exact) mass is 351 g/mol. The third-order valence-electron chi connectivity index (χ3n) is 4.59. The fraction of sp³-hybridized carbons (Fsp3) is 0.381. The Labute approximate surface area is 154 Å². The molecule has 0 amide bonds. The van der Waals surface area contributed by atoms with Crippen molar-refractivity contribution in [1.82, 2.24) is 9.55 Å². The van der Waals surface area contributed by atoms with E-state index in [1.54, 1.807) is 11.9 Å². The van der Waals surface area contributed by atoms with Crippen LogP contribution in [0.1, 0.15) is 39.4 Å². The van der Waals surface area contributed by atoms with E-state index in [1.807, 2.05) is 6.07 Å². The summed E-state index contributed by atoms with van der Waals surface area (Å²) in [5.41, 5.74) is 3.49. The van der Waals surface area contributed by atoms with E-state index in [0.29, 0.717) is 0 Å². The molecule has 0 radical (unpaired) electrons. The zero-order chi connectivity index (χ0) is 17.4. The molecule has 3 aromatic rings. The summed E-state index contributed by atoms with van der Waals surface area (Å²) < 4.78 is 5.89. The summed E-state index contributed by atoms with van der Waals surface area (Å²) in [4.78, 5) is 6.20. The highest BCUT2D eigenvalue weighted by Crippen LogP contribution is 2.35. The van der Waals surface area contributed by atoms with Crippen molar-refractivity contribution < 1.29 is 0 Å². The minimum Gasteiger partial charge on any atom is -0.327 e. The smallest absolute Gasteiger partial charge is 0.115 e. The Hall–Kier alpha value is -1.94. The van der Waals surface area contributed by atoms with Gasteiger partial charge in [0.2, 0.25) is 0 Å². The number of nitrogens with one attached hydrogen (secondary N) is 1. The largest absolute Gasteiger partial charge is 0.327 e. The first kappa shape index (κ1) is 16.5. The van der Waals surface area contributed by atoms with Gasteiger partial charge in [0.15, 0.2) is 0 Å². The van der Waals surface area contributed by atoms with E-state index >= 15 is 0 Å². The summed E-state index contributed by atoms with van der Waals surface area (Å²) in [6.07, 6.45) is 2.72. The van der Waals surface area contributed by atoms with Crippen LogP contribution in [0.15, 0.2) is 53.4 Å². The van der Waals surface area contributed by atoms with Gasteiger partial charge < -0.3 is 9.29 Å². The molecule has 1 fully saturated rings. The maximum atomic E-state index is 4.99. The minimum atomic E-state index is 0.0558. The molecule has 25 heavy (non-hydrogen) atoms. The number of nitrogens with zero attached hydrogens (tertiary/aromatic N) is 2. The molecule has 2 aromatic carbocycles. The van der Waals surface area contributed by atoms with Gasteiger partial charge in [-0.05, 0) is 61.0 Å². The van der Waals surface area contributed by atoms with Crippen LogP contribution in [0.5, 0.6) is 0 Å². The Kier molecular flexibility index (Phi) is 4.24. The quantitative estimate of drug-likeness (QED) is 0.584. The molecule has 1 N–H and O–H groups in total. The van der Waals surface area contributed by atoms with Gasteiger partial charge in [-0.15, -0.1) is 0 Å². The molecule has 130 valence electrons. The Morgan fingerprint density at radius 2 is 1.88 bits per heavy atom. The van der Waals surface area contributed by atoms with Gasteiger partial charge in [-0.2, -0.15) is 0 Å². The molecular weight excluding hydrogens is 326 g/mol. The van der Waals surface area contributed by atoms with E-state index in [1.165, 1.54) is 29.1 Å². The number of hydrogen-bond acceptors (Lipinski definition) is 3. The van der Waals surface area contributed by atoms with Crippen LogP contribution in [0.2, 0.25) is 0 Å². The zero-order valence-electron chi connectivity index (χ0n) is 15.1. The highest BCUT2D eigenvalue weighted by atomic mass is 32.2. The van der Waals surface area contributed by atoms with Crippen LogP contribution in [0.4, 0.5) is 5.69 Å². The van der Waals surface area contributed by atoms with Crippen molar-refractivity contribution in [3.63, 3.8) is 0 Å². The number of benzene rings is 2. The Bertz CT molecular complexity index is 873. The molecule has 1 aliphatic rings. The molecule has 0 saturated heterocycles. The van der Waals surface area contributed by atoms with E-state index < -0.39 is 0 Å². The van der Waals surface area contributed by atoms with Crippen LogP contribution in [0.25, 0.3) is 11.0 Å². The fourth-order valence-electron chi connectivity index (χ4n) is 3.12. The van der Waals surface area contributed by atoms with E-state index in [0.717, 1.165) is 23.7 Å². The van der Waals surface area contributed by atoms with Gasteiger partial charge in [0.1, 0.15) is 5.82 Å². The summed E-state index contributed by atoms with van der Waals surface area (Å²) >= 11 is 1.63. The number of fused-ring (bicyclic) bond motifs is 1. The molecular formula is C21H25N3S. The topological polar surface area (TPSA) is 29.9 Å². The van der Waals surface area contributed by atoms with Gasteiger partial charge in [0.05, 0.1) is 11.0 Å². The molecule has 0 bridgehead atoms. The first-order valence-corrected chi connectivity index (χ1v) is 9.81. The van der Waals surface area contributed by atoms with Crippen molar-refractivity contribution in [2.24, 2.45) is 5.92 Å². The predicted octanol–water partition coefficient (Wildman–Crippen LogP) is 5.86. The third kappa shape index (κ3) is 3.69. The lowest BCUT2D eigenvalue weighted by molar-refractivity contribution is 0.491.